The molecular weight excluding hydrogens is 332 g/mol. The molecule has 1 saturated carbocycles. The molecule has 0 N–H and O–H groups in total. The Hall–Kier alpha value is -2.68. The van der Waals surface area contributed by atoms with E-state index >= 15 is 0 Å². The SMILES string of the molecule is [2H]C([2H])([2H])c1ccc2c(n1)oc1cc(C)c(-c3cc(C4CCCC4)cc[n+]3C)cc12. The minimum Gasteiger partial charge on any atom is -0.438 e. The molecular formula is C24H25N2O+. The highest BCUT2D eigenvalue weighted by Gasteiger charge is 2.22. The van der Waals surface area contributed by atoms with Gasteiger partial charge in [0.05, 0.1) is 0 Å². The third-order valence-corrected chi connectivity index (χ3v) is 5.96. The summed E-state index contributed by atoms with van der Waals surface area (Å²) in [6.45, 7) is -0.159. The Balaban J connectivity index is 1.67. The van der Waals surface area contributed by atoms with Crippen molar-refractivity contribution in [1.29, 1.82) is 0 Å². The molecule has 5 rings (SSSR count). The summed E-state index contributed by atoms with van der Waals surface area (Å²) in [5.74, 6) is 0.659. The van der Waals surface area contributed by atoms with Crippen molar-refractivity contribution < 1.29 is 13.1 Å². The Kier molecular flexibility index (Phi) is 3.09. The van der Waals surface area contributed by atoms with Crippen LogP contribution in [0.15, 0.2) is 47.0 Å². The second-order valence-electron chi connectivity index (χ2n) is 7.75. The molecule has 1 fully saturated rings. The van der Waals surface area contributed by atoms with Gasteiger partial charge >= 0.3 is 0 Å². The molecule has 4 aromatic rings. The lowest BCUT2D eigenvalue weighted by molar-refractivity contribution is -0.660. The van der Waals surface area contributed by atoms with Crippen LogP contribution in [0.1, 0.15) is 52.5 Å². The maximum absolute atomic E-state index is 7.60. The lowest BCUT2D eigenvalue weighted by atomic mass is 9.95. The summed E-state index contributed by atoms with van der Waals surface area (Å²) in [6.07, 6.45) is 7.34. The summed E-state index contributed by atoms with van der Waals surface area (Å²) in [6, 6.07) is 12.2. The fourth-order valence-electron chi connectivity index (χ4n) is 4.45. The molecule has 1 aromatic carbocycles. The van der Waals surface area contributed by atoms with Gasteiger partial charge in [0.25, 0.3) is 0 Å². The van der Waals surface area contributed by atoms with E-state index in [4.69, 9.17) is 8.53 Å². The van der Waals surface area contributed by atoms with Crippen LogP contribution in [0.5, 0.6) is 0 Å². The van der Waals surface area contributed by atoms with Gasteiger partial charge in [0.2, 0.25) is 11.4 Å². The monoisotopic (exact) mass is 360 g/mol. The topological polar surface area (TPSA) is 29.9 Å². The summed E-state index contributed by atoms with van der Waals surface area (Å²) in [7, 11) is 2.08. The maximum Gasteiger partial charge on any atom is 0.227 e. The van der Waals surface area contributed by atoms with E-state index in [9.17, 15) is 0 Å². The standard InChI is InChI=1S/C24H25N2O/c1-15-12-23-21(19-9-8-16(2)25-24(19)27-23)14-20(15)22-13-18(10-11-26(22)3)17-6-4-5-7-17/h8-14,17H,4-7H2,1-3H3/q+1/i2D3. The Morgan fingerprint density at radius 2 is 1.96 bits per heavy atom. The Morgan fingerprint density at radius 3 is 2.78 bits per heavy atom. The van der Waals surface area contributed by atoms with Gasteiger partial charge in [-0.25, -0.2) is 9.55 Å². The number of aromatic nitrogens is 2. The number of hydrogen-bond acceptors (Lipinski definition) is 2. The highest BCUT2D eigenvalue weighted by molar-refractivity contribution is 6.05. The van der Waals surface area contributed by atoms with Crippen LogP contribution < -0.4 is 4.57 Å². The van der Waals surface area contributed by atoms with E-state index in [-0.39, 0.29) is 5.69 Å². The van der Waals surface area contributed by atoms with E-state index in [1.165, 1.54) is 36.9 Å². The van der Waals surface area contributed by atoms with Crippen LogP contribution in [0.2, 0.25) is 0 Å². The zero-order chi connectivity index (χ0) is 21.0. The van der Waals surface area contributed by atoms with Crippen molar-refractivity contribution in [3.63, 3.8) is 0 Å². The first-order valence-electron chi connectivity index (χ1n) is 11.2. The van der Waals surface area contributed by atoms with Crippen molar-refractivity contribution in [2.24, 2.45) is 7.05 Å². The second-order valence-corrected chi connectivity index (χ2v) is 7.75. The van der Waals surface area contributed by atoms with E-state index < -0.39 is 6.85 Å². The van der Waals surface area contributed by atoms with Gasteiger partial charge < -0.3 is 4.42 Å². The summed E-state index contributed by atoms with van der Waals surface area (Å²) < 4.78 is 30.9. The molecule has 136 valence electrons. The summed E-state index contributed by atoms with van der Waals surface area (Å²) in [5.41, 5.74) is 6.04. The number of nitrogens with zero attached hydrogens (tertiary/aromatic N) is 2. The van der Waals surface area contributed by atoms with Gasteiger partial charge in [-0.2, -0.15) is 0 Å². The summed E-state index contributed by atoms with van der Waals surface area (Å²) in [4.78, 5) is 4.27. The van der Waals surface area contributed by atoms with Gasteiger partial charge in [0.15, 0.2) is 6.20 Å². The number of pyridine rings is 2. The van der Waals surface area contributed by atoms with Crippen molar-refractivity contribution in [3.05, 3.63) is 59.4 Å². The molecule has 1 aliphatic carbocycles. The quantitative estimate of drug-likeness (QED) is 0.426. The molecule has 0 bridgehead atoms. The van der Waals surface area contributed by atoms with Gasteiger partial charge in [-0.05, 0) is 67.9 Å². The fourth-order valence-corrected chi connectivity index (χ4v) is 4.45. The lowest BCUT2D eigenvalue weighted by Gasteiger charge is -2.11. The van der Waals surface area contributed by atoms with Crippen molar-refractivity contribution in [1.82, 2.24) is 4.98 Å². The largest absolute Gasteiger partial charge is 0.438 e. The summed E-state index contributed by atoms with van der Waals surface area (Å²) in [5, 5.41) is 1.80. The van der Waals surface area contributed by atoms with Crippen LogP contribution in [-0.4, -0.2) is 4.98 Å². The predicted octanol–water partition coefficient (Wildman–Crippen LogP) is 5.75. The normalized spacial score (nSPS) is 17.3. The average Bonchev–Trinajstić information content (AvgIpc) is 3.34. The fraction of sp³-hybridized carbons (Fsp3) is 0.333. The molecule has 1 aliphatic rings. The predicted molar refractivity (Wildman–Crippen MR) is 109 cm³/mol. The van der Waals surface area contributed by atoms with E-state index in [0.29, 0.717) is 11.6 Å². The van der Waals surface area contributed by atoms with Gasteiger partial charge in [0.1, 0.15) is 12.6 Å². The number of aryl methyl sites for hydroxylation is 3. The first-order valence-corrected chi connectivity index (χ1v) is 9.65. The van der Waals surface area contributed by atoms with Gasteiger partial charge in [0, 0.05) is 38.3 Å². The van der Waals surface area contributed by atoms with Crippen molar-refractivity contribution in [3.8, 4) is 11.3 Å². The van der Waals surface area contributed by atoms with Crippen LogP contribution in [-0.2, 0) is 7.05 Å². The van der Waals surface area contributed by atoms with Gasteiger partial charge in [-0.3, -0.25) is 0 Å². The maximum atomic E-state index is 7.60. The number of hydrogen-bond donors (Lipinski definition) is 0. The molecule has 0 amide bonds. The van der Waals surface area contributed by atoms with E-state index in [1.54, 1.807) is 6.07 Å². The number of rotatable bonds is 2. The minimum atomic E-state index is -2.25. The summed E-state index contributed by atoms with van der Waals surface area (Å²) >= 11 is 0. The third kappa shape index (κ3) is 2.73. The molecule has 3 heteroatoms. The molecule has 0 atom stereocenters. The van der Waals surface area contributed by atoms with Crippen LogP contribution in [0.3, 0.4) is 0 Å². The second kappa shape index (κ2) is 6.19. The highest BCUT2D eigenvalue weighted by atomic mass is 16.3. The van der Waals surface area contributed by atoms with Gasteiger partial charge in [-0.15, -0.1) is 0 Å². The number of furan rings is 1. The first kappa shape index (κ1) is 13.5. The molecule has 27 heavy (non-hydrogen) atoms. The van der Waals surface area contributed by atoms with Crippen LogP contribution in [0, 0.1) is 13.8 Å². The van der Waals surface area contributed by atoms with Crippen molar-refractivity contribution in [2.45, 2.75) is 45.4 Å². The van der Waals surface area contributed by atoms with Crippen molar-refractivity contribution in [2.75, 3.05) is 0 Å². The highest BCUT2D eigenvalue weighted by Crippen LogP contribution is 2.37. The Labute approximate surface area is 163 Å². The van der Waals surface area contributed by atoms with Crippen molar-refractivity contribution >= 4 is 22.1 Å². The zero-order valence-corrected chi connectivity index (χ0v) is 15.7. The van der Waals surface area contributed by atoms with Crippen LogP contribution >= 0.6 is 0 Å². The molecule has 0 aliphatic heterocycles. The molecule has 3 aromatic heterocycles. The molecule has 0 saturated heterocycles. The molecule has 3 nitrogen and oxygen atoms in total. The number of benzene rings is 1. The van der Waals surface area contributed by atoms with Crippen LogP contribution in [0.25, 0.3) is 33.3 Å². The minimum absolute atomic E-state index is 0.0571. The number of fused-ring (bicyclic) bond motifs is 3. The Morgan fingerprint density at radius 1 is 1.11 bits per heavy atom. The lowest BCUT2D eigenvalue weighted by Crippen LogP contribution is -2.31. The third-order valence-electron chi connectivity index (χ3n) is 5.96. The first-order chi connectivity index (χ1) is 14.3. The van der Waals surface area contributed by atoms with E-state index in [2.05, 4.69) is 47.9 Å². The van der Waals surface area contributed by atoms with E-state index in [1.807, 2.05) is 12.1 Å². The van der Waals surface area contributed by atoms with Gasteiger partial charge in [-0.1, -0.05) is 12.8 Å². The average molecular weight is 360 g/mol. The van der Waals surface area contributed by atoms with E-state index in [0.717, 1.165) is 27.5 Å². The smallest absolute Gasteiger partial charge is 0.227 e. The molecule has 0 radical (unpaired) electrons. The molecule has 0 spiro atoms. The van der Waals surface area contributed by atoms with Crippen LogP contribution in [0.4, 0.5) is 0 Å². The zero-order valence-electron chi connectivity index (χ0n) is 18.7. The molecule has 0 unspecified atom stereocenters. The Bertz CT molecular complexity index is 1270. The molecule has 3 heterocycles.